The van der Waals surface area contributed by atoms with Gasteiger partial charge in [-0.25, -0.2) is 5.43 Å². The predicted octanol–water partition coefficient (Wildman–Crippen LogP) is 5.60. The molecule has 4 aromatic rings. The number of ether oxygens (including phenoxy) is 3. The molecule has 6 atom stereocenters. The second kappa shape index (κ2) is 21.2. The molecule has 4 heterocycles. The van der Waals surface area contributed by atoms with E-state index in [0.29, 0.717) is 43.5 Å². The van der Waals surface area contributed by atoms with Crippen LogP contribution in [0.2, 0.25) is 0 Å². The van der Waals surface area contributed by atoms with E-state index in [0.717, 1.165) is 51.8 Å². The summed E-state index contributed by atoms with van der Waals surface area (Å²) in [7, 11) is 3.18. The maximum absolute atomic E-state index is 14.5. The Morgan fingerprint density at radius 3 is 2.47 bits per heavy atom. The first-order chi connectivity index (χ1) is 31.4. The highest BCUT2D eigenvalue weighted by Crippen LogP contribution is 2.42. The topological polar surface area (TPSA) is 208 Å². The number of nitrogens with two attached hydrogens (primary N) is 1. The van der Waals surface area contributed by atoms with Crippen LogP contribution in [0.1, 0.15) is 97.1 Å². The van der Waals surface area contributed by atoms with Gasteiger partial charge in [0.1, 0.15) is 30.0 Å². The number of hydrogen-bond donors (Lipinski definition) is 4. The number of phenolic OH excluding ortho intramolecular Hbond substituents is 1. The number of likely N-dealkylation sites (N-methyl/N-ethyl adjacent to an activating group) is 1. The van der Waals surface area contributed by atoms with Crippen LogP contribution in [0.5, 0.6) is 5.75 Å². The molecular weight excluding hydrogens is 843 g/mol. The van der Waals surface area contributed by atoms with Crippen molar-refractivity contribution in [2.45, 2.75) is 130 Å². The number of benzene rings is 2. The molecule has 4 amide bonds. The minimum absolute atomic E-state index is 0.0196. The van der Waals surface area contributed by atoms with Gasteiger partial charge < -0.3 is 39.8 Å². The van der Waals surface area contributed by atoms with Crippen LogP contribution in [0.25, 0.3) is 33.3 Å². The number of nitrogens with zero attached hydrogens (tertiary/aromatic N) is 4. The first-order valence-electron chi connectivity index (χ1n) is 23.0. The summed E-state index contributed by atoms with van der Waals surface area (Å²) < 4.78 is 19.0. The summed E-state index contributed by atoms with van der Waals surface area (Å²) in [5.41, 5.74) is 15.1. The van der Waals surface area contributed by atoms with Gasteiger partial charge in [-0.2, -0.15) is 0 Å². The average molecular weight is 910 g/mol. The number of aromatic nitrogens is 2. The number of amides is 4. The van der Waals surface area contributed by atoms with Gasteiger partial charge in [-0.1, -0.05) is 39.8 Å². The van der Waals surface area contributed by atoms with E-state index in [9.17, 15) is 29.1 Å². The van der Waals surface area contributed by atoms with Gasteiger partial charge in [0.2, 0.25) is 11.8 Å². The smallest absolute Gasteiger partial charge is 0.293 e. The number of pyridine rings is 1. The van der Waals surface area contributed by atoms with E-state index in [1.807, 2.05) is 45.9 Å². The van der Waals surface area contributed by atoms with Crippen LogP contribution in [-0.4, -0.2) is 112 Å². The summed E-state index contributed by atoms with van der Waals surface area (Å²) in [6, 6.07) is 13.3. The van der Waals surface area contributed by atoms with E-state index in [1.54, 1.807) is 30.4 Å². The third kappa shape index (κ3) is 11.0. The Hall–Kier alpha value is -5.84. The molecule has 356 valence electrons. The second-order valence-corrected chi connectivity index (χ2v) is 18.9. The quantitative estimate of drug-likeness (QED) is 0.0852. The number of hydrazine groups is 1. The zero-order chi connectivity index (χ0) is 48.0. The minimum Gasteiger partial charge on any atom is -0.508 e. The molecule has 0 spiro atoms. The lowest BCUT2D eigenvalue weighted by Crippen LogP contribution is -2.61. The van der Waals surface area contributed by atoms with Crippen molar-refractivity contribution < 1.29 is 43.3 Å². The van der Waals surface area contributed by atoms with Crippen molar-refractivity contribution in [2.24, 2.45) is 17.1 Å². The number of nitrogens with one attached hydrogen (secondary N) is 2. The summed E-state index contributed by atoms with van der Waals surface area (Å²) >= 11 is 0. The summed E-state index contributed by atoms with van der Waals surface area (Å²) in [4.78, 5) is 71.7. The fraction of sp³-hybridized carbons (Fsp3) is 0.520. The van der Waals surface area contributed by atoms with E-state index in [-0.39, 0.29) is 49.2 Å². The van der Waals surface area contributed by atoms with Gasteiger partial charge in [0.05, 0.1) is 24.1 Å². The number of primary amides is 1. The highest BCUT2D eigenvalue weighted by molar-refractivity contribution is 5.96. The number of fused-ring (bicyclic) bond motifs is 1. The molecule has 6 rings (SSSR count). The number of aromatic hydroxyl groups is 1. The predicted molar refractivity (Wildman–Crippen MR) is 251 cm³/mol. The third-order valence-corrected chi connectivity index (χ3v) is 12.8. The Morgan fingerprint density at radius 2 is 1.82 bits per heavy atom. The first kappa shape index (κ1) is 49.6. The Labute approximate surface area is 387 Å². The molecule has 0 radical (unpaired) electrons. The number of phenols is 1. The number of hydrogen-bond acceptors (Lipinski definition) is 11. The van der Waals surface area contributed by atoms with Crippen molar-refractivity contribution in [2.75, 3.05) is 27.3 Å². The summed E-state index contributed by atoms with van der Waals surface area (Å²) in [5.74, 6) is -2.35. The van der Waals surface area contributed by atoms with Crippen molar-refractivity contribution in [1.29, 1.82) is 0 Å². The van der Waals surface area contributed by atoms with Crippen LogP contribution in [0.15, 0.2) is 54.7 Å². The Morgan fingerprint density at radius 1 is 1.08 bits per heavy atom. The number of aryl methyl sites for hydroxylation is 1. The standard InChI is InChI=1S/C50H67N7O9/c1-10-56-40-16-15-33(25-37(40)38(26-50(6,7)27-65-28-58)45(56)36-14-11-19-52-43(36)31(5)64-9)34-21-32(22-35(59)24-34)23-39(48(62)57-20-12-13-30(4)54-57)53-47(61)44(29(2)3)55(8)49(63)42-18-17-41(66-42)46(51)60/h11,14-16,19,21-22,24-25,28-31,39,41-42,44,54,59H,10,12-13,17-18,20,23,26-27H2,1-9H3,(H2,51,60)(H,53,61)/t30-,31+,39+,41+,42-,44?/m1/s1. The SMILES string of the molecule is CCn1c(-c2cccnc2[C@H](C)OC)c(CC(C)(C)COC=O)c2cc(-c3cc(O)cc(C[C@H](NC(=O)C(C(C)C)N(C)C(=O)[C@H]4CC[C@@H](C(N)=O)O4)C(=O)N4CCC[C@@H](C)N4)c3)ccc21. The molecule has 1 unspecified atom stereocenters. The van der Waals surface area contributed by atoms with Crippen molar-refractivity contribution in [1.82, 2.24) is 30.2 Å². The zero-order valence-corrected chi connectivity index (χ0v) is 39.8. The molecular formula is C50H67N7O9. The number of carbonyl (C=O) groups excluding carboxylic acids is 5. The Balaban J connectivity index is 1.39. The normalized spacial score (nSPS) is 19.1. The van der Waals surface area contributed by atoms with Crippen LogP contribution in [0.3, 0.4) is 0 Å². The van der Waals surface area contributed by atoms with Crippen molar-refractivity contribution >= 4 is 41.0 Å². The molecule has 2 fully saturated rings. The molecule has 0 aliphatic carbocycles. The molecule has 2 aromatic carbocycles. The largest absolute Gasteiger partial charge is 0.508 e. The molecule has 16 nitrogen and oxygen atoms in total. The summed E-state index contributed by atoms with van der Waals surface area (Å²) in [6.07, 6.45) is 2.50. The maximum atomic E-state index is 14.5. The molecule has 2 aromatic heterocycles. The fourth-order valence-corrected chi connectivity index (χ4v) is 9.54. The molecule has 2 aliphatic rings. The number of carbonyl (C=O) groups is 5. The van der Waals surface area contributed by atoms with E-state index < -0.39 is 47.4 Å². The highest BCUT2D eigenvalue weighted by Gasteiger charge is 2.40. The molecule has 5 N–H and O–H groups in total. The lowest BCUT2D eigenvalue weighted by Gasteiger charge is -2.36. The Kier molecular flexibility index (Phi) is 15.9. The van der Waals surface area contributed by atoms with Crippen LogP contribution < -0.4 is 16.5 Å². The van der Waals surface area contributed by atoms with E-state index in [2.05, 4.69) is 54.3 Å². The third-order valence-electron chi connectivity index (χ3n) is 12.8. The fourth-order valence-electron chi connectivity index (χ4n) is 9.54. The number of rotatable bonds is 19. The molecule has 0 saturated carbocycles. The number of methoxy groups -OCH3 is 1. The van der Waals surface area contributed by atoms with E-state index in [1.165, 1.54) is 11.9 Å². The highest BCUT2D eigenvalue weighted by atomic mass is 16.5. The van der Waals surface area contributed by atoms with Crippen LogP contribution >= 0.6 is 0 Å². The van der Waals surface area contributed by atoms with Crippen LogP contribution in [0.4, 0.5) is 0 Å². The lowest BCUT2D eigenvalue weighted by atomic mass is 9.84. The van der Waals surface area contributed by atoms with Gasteiger partial charge in [0.15, 0.2) is 0 Å². The second-order valence-electron chi connectivity index (χ2n) is 18.9. The van der Waals surface area contributed by atoms with Gasteiger partial charge >= 0.3 is 0 Å². The van der Waals surface area contributed by atoms with E-state index in [4.69, 9.17) is 24.9 Å². The van der Waals surface area contributed by atoms with Crippen molar-refractivity contribution in [3.63, 3.8) is 0 Å². The molecule has 16 heteroatoms. The first-order valence-corrected chi connectivity index (χ1v) is 23.0. The molecule has 66 heavy (non-hydrogen) atoms. The molecule has 2 aliphatic heterocycles. The zero-order valence-electron chi connectivity index (χ0n) is 39.8. The van der Waals surface area contributed by atoms with Crippen LogP contribution in [-0.2, 0) is 57.6 Å². The monoisotopic (exact) mass is 910 g/mol. The maximum Gasteiger partial charge on any atom is 0.293 e. The van der Waals surface area contributed by atoms with Gasteiger partial charge in [-0.3, -0.25) is 34.0 Å². The van der Waals surface area contributed by atoms with Gasteiger partial charge in [-0.05, 0) is 117 Å². The lowest BCUT2D eigenvalue weighted by molar-refractivity contribution is -0.151. The summed E-state index contributed by atoms with van der Waals surface area (Å²) in [5, 5.41) is 16.8. The average Bonchev–Trinajstić information content (AvgIpc) is 3.90. The van der Waals surface area contributed by atoms with Gasteiger partial charge in [0.25, 0.3) is 18.3 Å². The van der Waals surface area contributed by atoms with Crippen molar-refractivity contribution in [3.05, 3.63) is 71.5 Å². The van der Waals surface area contributed by atoms with Crippen LogP contribution in [0, 0.1) is 11.3 Å². The van der Waals surface area contributed by atoms with Gasteiger partial charge in [0, 0.05) is 67.8 Å². The van der Waals surface area contributed by atoms with Gasteiger partial charge in [-0.15, -0.1) is 0 Å². The molecule has 2 saturated heterocycles. The van der Waals surface area contributed by atoms with Crippen molar-refractivity contribution in [3.8, 4) is 28.1 Å². The summed E-state index contributed by atoms with van der Waals surface area (Å²) in [6.45, 7) is 15.6. The van der Waals surface area contributed by atoms with E-state index >= 15 is 0 Å². The molecule has 0 bridgehead atoms. The Bertz CT molecular complexity index is 2410. The minimum atomic E-state index is -1.08.